The first kappa shape index (κ1) is 9.43. The van der Waals surface area contributed by atoms with Gasteiger partial charge in [-0.25, -0.2) is 4.79 Å². The maximum atomic E-state index is 11.1. The lowest BCUT2D eigenvalue weighted by Gasteiger charge is -2.07. The molecule has 0 aliphatic carbocycles. The molecule has 4 heteroatoms. The maximum Gasteiger partial charge on any atom is 0.396 e. The van der Waals surface area contributed by atoms with Crippen LogP contribution in [0.2, 0.25) is 0 Å². The number of fused-ring (bicyclic) bond motifs is 1. The highest BCUT2D eigenvalue weighted by atomic mass is 32.1. The predicted molar refractivity (Wildman–Crippen MR) is 57.8 cm³/mol. The van der Waals surface area contributed by atoms with E-state index >= 15 is 0 Å². The van der Waals surface area contributed by atoms with Crippen molar-refractivity contribution in [3.05, 3.63) is 33.5 Å². The molecule has 1 aromatic heterocycles. The van der Waals surface area contributed by atoms with Gasteiger partial charge in [0.15, 0.2) is 5.58 Å². The Morgan fingerprint density at radius 3 is 3.07 bits per heavy atom. The summed E-state index contributed by atoms with van der Waals surface area (Å²) in [4.78, 5) is 10.8. The van der Waals surface area contributed by atoms with Gasteiger partial charge in [-0.05, 0) is 18.5 Å². The third kappa shape index (κ3) is 1.47. The SMILES string of the molecule is CC(CN)c1cccc2sc(=O)oc12. The summed E-state index contributed by atoms with van der Waals surface area (Å²) in [7, 11) is 0. The van der Waals surface area contributed by atoms with Crippen molar-refractivity contribution in [2.75, 3.05) is 6.54 Å². The number of rotatable bonds is 2. The van der Waals surface area contributed by atoms with E-state index in [1.165, 1.54) is 0 Å². The molecule has 74 valence electrons. The van der Waals surface area contributed by atoms with Crippen LogP contribution in [0.15, 0.2) is 27.4 Å². The van der Waals surface area contributed by atoms with Gasteiger partial charge in [-0.15, -0.1) is 0 Å². The molecule has 1 unspecified atom stereocenters. The summed E-state index contributed by atoms with van der Waals surface area (Å²) in [6.45, 7) is 2.57. The topological polar surface area (TPSA) is 56.2 Å². The van der Waals surface area contributed by atoms with Crippen LogP contribution in [0.4, 0.5) is 0 Å². The van der Waals surface area contributed by atoms with Gasteiger partial charge in [0.25, 0.3) is 0 Å². The molecule has 14 heavy (non-hydrogen) atoms. The summed E-state index contributed by atoms with van der Waals surface area (Å²) in [6, 6.07) is 5.77. The minimum Gasteiger partial charge on any atom is -0.414 e. The van der Waals surface area contributed by atoms with Gasteiger partial charge in [0, 0.05) is 5.56 Å². The summed E-state index contributed by atoms with van der Waals surface area (Å²) in [5, 5.41) is 0. The van der Waals surface area contributed by atoms with Gasteiger partial charge in [0.2, 0.25) is 0 Å². The standard InChI is InChI=1S/C10H11NO2S/c1-6(5-11)7-3-2-4-8-9(7)13-10(12)14-8/h2-4,6H,5,11H2,1H3. The Hall–Kier alpha value is -1.13. The van der Waals surface area contributed by atoms with E-state index in [1.54, 1.807) is 0 Å². The van der Waals surface area contributed by atoms with Crippen LogP contribution in [0.1, 0.15) is 18.4 Å². The largest absolute Gasteiger partial charge is 0.414 e. The van der Waals surface area contributed by atoms with E-state index in [0.717, 1.165) is 21.6 Å². The van der Waals surface area contributed by atoms with E-state index in [-0.39, 0.29) is 10.9 Å². The van der Waals surface area contributed by atoms with E-state index in [1.807, 2.05) is 25.1 Å². The molecule has 2 N–H and O–H groups in total. The van der Waals surface area contributed by atoms with Crippen molar-refractivity contribution in [1.29, 1.82) is 0 Å². The van der Waals surface area contributed by atoms with Gasteiger partial charge in [-0.1, -0.05) is 30.4 Å². The zero-order valence-corrected chi connectivity index (χ0v) is 8.64. The quantitative estimate of drug-likeness (QED) is 0.822. The van der Waals surface area contributed by atoms with Crippen molar-refractivity contribution in [3.8, 4) is 0 Å². The first-order chi connectivity index (χ1) is 6.72. The third-order valence-electron chi connectivity index (χ3n) is 2.27. The number of benzene rings is 1. The fraction of sp³-hybridized carbons (Fsp3) is 0.300. The second kappa shape index (κ2) is 3.55. The lowest BCUT2D eigenvalue weighted by atomic mass is 10.0. The van der Waals surface area contributed by atoms with Crippen LogP contribution in [0, 0.1) is 0 Å². The fourth-order valence-corrected chi connectivity index (χ4v) is 2.13. The van der Waals surface area contributed by atoms with Gasteiger partial charge in [0.1, 0.15) is 0 Å². The van der Waals surface area contributed by atoms with Crippen molar-refractivity contribution in [2.45, 2.75) is 12.8 Å². The van der Waals surface area contributed by atoms with Gasteiger partial charge < -0.3 is 10.2 Å². The molecule has 1 aromatic carbocycles. The number of hydrogen-bond donors (Lipinski definition) is 1. The Labute approximate surface area is 85.2 Å². The summed E-state index contributed by atoms with van der Waals surface area (Å²) in [5.74, 6) is 0.219. The van der Waals surface area contributed by atoms with Crippen molar-refractivity contribution >= 4 is 21.6 Å². The van der Waals surface area contributed by atoms with E-state index < -0.39 is 0 Å². The van der Waals surface area contributed by atoms with Crippen LogP contribution in [0.5, 0.6) is 0 Å². The zero-order chi connectivity index (χ0) is 10.1. The predicted octanol–water partition coefficient (Wildman–Crippen LogP) is 1.92. The molecule has 1 atom stereocenters. The zero-order valence-electron chi connectivity index (χ0n) is 7.82. The van der Waals surface area contributed by atoms with E-state index in [4.69, 9.17) is 10.2 Å². The molecule has 0 saturated carbocycles. The second-order valence-corrected chi connectivity index (χ2v) is 4.24. The van der Waals surface area contributed by atoms with Crippen LogP contribution in [-0.2, 0) is 0 Å². The summed E-state index contributed by atoms with van der Waals surface area (Å²) in [5.41, 5.74) is 7.30. The molecular weight excluding hydrogens is 198 g/mol. The Morgan fingerprint density at radius 1 is 1.57 bits per heavy atom. The van der Waals surface area contributed by atoms with E-state index in [2.05, 4.69) is 0 Å². The van der Waals surface area contributed by atoms with Crippen LogP contribution in [0.3, 0.4) is 0 Å². The van der Waals surface area contributed by atoms with E-state index in [0.29, 0.717) is 12.1 Å². The summed E-state index contributed by atoms with van der Waals surface area (Å²) >= 11 is 1.13. The molecule has 2 aromatic rings. The molecule has 0 amide bonds. The molecule has 0 aliphatic rings. The van der Waals surface area contributed by atoms with Crippen molar-refractivity contribution in [3.63, 3.8) is 0 Å². The highest BCUT2D eigenvalue weighted by molar-refractivity contribution is 7.16. The normalized spacial score (nSPS) is 13.3. The van der Waals surface area contributed by atoms with Crippen LogP contribution < -0.4 is 10.7 Å². The van der Waals surface area contributed by atoms with Gasteiger partial charge in [0.05, 0.1) is 4.70 Å². The minimum absolute atomic E-state index is 0.219. The molecule has 0 aliphatic heterocycles. The molecule has 0 spiro atoms. The Bertz CT molecular complexity index is 500. The van der Waals surface area contributed by atoms with Crippen LogP contribution in [0.25, 0.3) is 10.3 Å². The summed E-state index contributed by atoms with van der Waals surface area (Å²) < 4.78 is 6.03. The van der Waals surface area contributed by atoms with Crippen molar-refractivity contribution in [2.24, 2.45) is 5.73 Å². The third-order valence-corrected chi connectivity index (χ3v) is 3.06. The monoisotopic (exact) mass is 209 g/mol. The van der Waals surface area contributed by atoms with Crippen molar-refractivity contribution in [1.82, 2.24) is 0 Å². The lowest BCUT2D eigenvalue weighted by Crippen LogP contribution is -2.08. The fourth-order valence-electron chi connectivity index (χ4n) is 1.43. The molecule has 2 rings (SSSR count). The smallest absolute Gasteiger partial charge is 0.396 e. The Morgan fingerprint density at radius 2 is 2.36 bits per heavy atom. The molecule has 1 heterocycles. The Kier molecular flexibility index (Phi) is 2.39. The number of nitrogens with two attached hydrogens (primary N) is 1. The van der Waals surface area contributed by atoms with Crippen LogP contribution >= 0.6 is 11.3 Å². The minimum atomic E-state index is -0.253. The van der Waals surface area contributed by atoms with Crippen molar-refractivity contribution < 1.29 is 4.42 Å². The number of hydrogen-bond acceptors (Lipinski definition) is 4. The average molecular weight is 209 g/mol. The molecule has 0 bridgehead atoms. The van der Waals surface area contributed by atoms with Gasteiger partial charge in [-0.2, -0.15) is 0 Å². The first-order valence-corrected chi connectivity index (χ1v) is 5.26. The number of para-hydroxylation sites is 1. The molecule has 0 radical (unpaired) electrons. The first-order valence-electron chi connectivity index (χ1n) is 4.45. The molecule has 3 nitrogen and oxygen atoms in total. The Balaban J connectivity index is 2.70. The highest BCUT2D eigenvalue weighted by Gasteiger charge is 2.11. The lowest BCUT2D eigenvalue weighted by molar-refractivity contribution is 0.576. The molecule has 0 fully saturated rings. The highest BCUT2D eigenvalue weighted by Crippen LogP contribution is 2.26. The van der Waals surface area contributed by atoms with Crippen LogP contribution in [-0.4, -0.2) is 6.54 Å². The molecule has 0 saturated heterocycles. The molecular formula is C10H11NO2S. The van der Waals surface area contributed by atoms with E-state index in [9.17, 15) is 4.79 Å². The maximum absolute atomic E-state index is 11.1. The van der Waals surface area contributed by atoms with Gasteiger partial charge in [-0.3, -0.25) is 0 Å². The second-order valence-electron chi connectivity index (χ2n) is 3.27. The summed E-state index contributed by atoms with van der Waals surface area (Å²) in [6.07, 6.45) is 0. The average Bonchev–Trinajstić information content (AvgIpc) is 2.56. The van der Waals surface area contributed by atoms with Gasteiger partial charge >= 0.3 is 4.94 Å².